The quantitative estimate of drug-likeness (QED) is 0.138. The second kappa shape index (κ2) is 11.4. The van der Waals surface area contributed by atoms with E-state index in [2.05, 4.69) is 150 Å². The van der Waals surface area contributed by atoms with Gasteiger partial charge in [0, 0.05) is 57.6 Å². The van der Waals surface area contributed by atoms with E-state index in [0.717, 1.165) is 77.3 Å². The van der Waals surface area contributed by atoms with Crippen LogP contribution < -0.4 is 10.4 Å². The van der Waals surface area contributed by atoms with Crippen molar-refractivity contribution in [3.05, 3.63) is 158 Å². The predicted molar refractivity (Wildman–Crippen MR) is 214 cm³/mol. The molecule has 0 saturated heterocycles. The largest absolute Gasteiger partial charge is 0.264 e. The molecule has 0 aliphatic carbocycles. The number of aromatic nitrogens is 4. The molecule has 51 heavy (non-hydrogen) atoms. The van der Waals surface area contributed by atoms with E-state index in [0.29, 0.717) is 0 Å². The molecular formula is C46H32N4Si. The van der Waals surface area contributed by atoms with Crippen molar-refractivity contribution in [3.8, 4) is 55.9 Å². The Hall–Kier alpha value is -6.30. The summed E-state index contributed by atoms with van der Waals surface area (Å²) in [5.74, 6) is 0. The Morgan fingerprint density at radius 1 is 0.431 bits per heavy atom. The molecule has 5 heteroatoms. The first-order valence-corrected chi connectivity index (χ1v) is 20.4. The van der Waals surface area contributed by atoms with Gasteiger partial charge in [-0.1, -0.05) is 116 Å². The zero-order valence-corrected chi connectivity index (χ0v) is 29.3. The molecule has 240 valence electrons. The molecule has 0 radical (unpaired) electrons. The van der Waals surface area contributed by atoms with Gasteiger partial charge in [0.05, 0.1) is 22.4 Å². The lowest BCUT2D eigenvalue weighted by Gasteiger charge is -2.19. The number of benzene rings is 5. The van der Waals surface area contributed by atoms with E-state index in [-0.39, 0.29) is 0 Å². The van der Waals surface area contributed by atoms with E-state index in [1.165, 1.54) is 21.5 Å². The van der Waals surface area contributed by atoms with Gasteiger partial charge in [-0.2, -0.15) is 0 Å². The molecule has 4 aromatic heterocycles. The lowest BCUT2D eigenvalue weighted by Crippen LogP contribution is -2.49. The van der Waals surface area contributed by atoms with Crippen LogP contribution in [0.15, 0.2) is 158 Å². The molecule has 0 fully saturated rings. The Bertz CT molecular complexity index is 2840. The van der Waals surface area contributed by atoms with Gasteiger partial charge in [-0.25, -0.2) is 4.98 Å². The fraction of sp³-hybridized carbons (Fsp3) is 0.0435. The molecule has 10 rings (SSSR count). The van der Waals surface area contributed by atoms with Crippen LogP contribution in [0, 0.1) is 0 Å². The van der Waals surface area contributed by atoms with Gasteiger partial charge in [-0.05, 0) is 73.9 Å². The van der Waals surface area contributed by atoms with E-state index < -0.39 is 8.07 Å². The van der Waals surface area contributed by atoms with Crippen molar-refractivity contribution in [1.82, 2.24) is 19.9 Å². The second-order valence-electron chi connectivity index (χ2n) is 14.0. The molecule has 4 nitrogen and oxygen atoms in total. The molecule has 0 amide bonds. The highest BCUT2D eigenvalue weighted by molar-refractivity contribution is 7.03. The van der Waals surface area contributed by atoms with Crippen LogP contribution in [0.1, 0.15) is 0 Å². The maximum absolute atomic E-state index is 5.36. The lowest BCUT2D eigenvalue weighted by molar-refractivity contribution is 1.32. The average Bonchev–Trinajstić information content (AvgIpc) is 3.42. The van der Waals surface area contributed by atoms with Crippen LogP contribution in [0.3, 0.4) is 0 Å². The molecular weight excluding hydrogens is 637 g/mol. The maximum Gasteiger partial charge on any atom is 0.113 e. The van der Waals surface area contributed by atoms with E-state index in [1.54, 1.807) is 0 Å². The molecule has 0 spiro atoms. The summed E-state index contributed by atoms with van der Waals surface area (Å²) in [5, 5.41) is 7.41. The molecule has 1 aliphatic rings. The first kappa shape index (κ1) is 29.6. The summed E-state index contributed by atoms with van der Waals surface area (Å²) in [7, 11) is -1.85. The van der Waals surface area contributed by atoms with Crippen LogP contribution in [0.5, 0.6) is 0 Å². The van der Waals surface area contributed by atoms with Crippen LogP contribution in [0.25, 0.3) is 88.5 Å². The number of nitrogens with zero attached hydrogens (tertiary/aromatic N) is 4. The van der Waals surface area contributed by atoms with Crippen molar-refractivity contribution in [2.75, 3.05) is 0 Å². The monoisotopic (exact) mass is 668 g/mol. The highest BCUT2D eigenvalue weighted by atomic mass is 28.3. The molecule has 1 aliphatic heterocycles. The summed E-state index contributed by atoms with van der Waals surface area (Å²) < 4.78 is 0. The highest BCUT2D eigenvalue weighted by Crippen LogP contribution is 2.36. The van der Waals surface area contributed by atoms with Crippen LogP contribution in [0.4, 0.5) is 0 Å². The van der Waals surface area contributed by atoms with Crippen molar-refractivity contribution in [2.45, 2.75) is 13.1 Å². The van der Waals surface area contributed by atoms with Gasteiger partial charge in [0.25, 0.3) is 0 Å². The summed E-state index contributed by atoms with van der Waals surface area (Å²) in [6.07, 6.45) is 7.58. The fourth-order valence-electron chi connectivity index (χ4n) is 7.93. The Morgan fingerprint density at radius 2 is 1.16 bits per heavy atom. The van der Waals surface area contributed by atoms with Gasteiger partial charge < -0.3 is 0 Å². The van der Waals surface area contributed by atoms with Crippen molar-refractivity contribution >= 4 is 51.0 Å². The van der Waals surface area contributed by atoms with Crippen molar-refractivity contribution in [1.29, 1.82) is 0 Å². The molecule has 0 bridgehead atoms. The van der Waals surface area contributed by atoms with Crippen LogP contribution in [-0.4, -0.2) is 28.0 Å². The second-order valence-corrected chi connectivity index (χ2v) is 18.3. The van der Waals surface area contributed by atoms with E-state index in [1.807, 2.05) is 30.9 Å². The molecule has 5 heterocycles. The number of pyridine rings is 4. The third kappa shape index (κ3) is 4.81. The van der Waals surface area contributed by atoms with Crippen LogP contribution >= 0.6 is 0 Å². The van der Waals surface area contributed by atoms with Crippen molar-refractivity contribution in [2.24, 2.45) is 0 Å². The molecule has 0 saturated carbocycles. The standard InChI is InChI=1S/C46H32N4Si/c1-51(2)43-11-4-3-9-38(43)39-19-18-33(26-44(39)51)41-24-35(25-42(50-41)37-10-5-7-31-20-22-47-28-40(31)37)29-12-14-30(15-13-29)36-23-34-17-16-32-8-6-21-48-45(32)46(34)49-27-36/h3-28H,1-2H3. The van der Waals surface area contributed by atoms with Crippen molar-refractivity contribution < 1.29 is 0 Å². The Balaban J connectivity index is 1.09. The first-order chi connectivity index (χ1) is 25.0. The maximum atomic E-state index is 5.36. The van der Waals surface area contributed by atoms with Crippen LogP contribution in [-0.2, 0) is 0 Å². The molecule has 0 atom stereocenters. The number of hydrogen-bond donors (Lipinski definition) is 0. The number of fused-ring (bicyclic) bond motifs is 7. The van der Waals surface area contributed by atoms with Gasteiger partial charge in [-0.3, -0.25) is 15.0 Å². The Kier molecular flexibility index (Phi) is 6.60. The molecule has 9 aromatic rings. The molecule has 0 N–H and O–H groups in total. The summed E-state index contributed by atoms with van der Waals surface area (Å²) in [5.41, 5.74) is 13.2. The predicted octanol–water partition coefficient (Wildman–Crippen LogP) is 10.2. The van der Waals surface area contributed by atoms with Gasteiger partial charge in [0.1, 0.15) is 8.07 Å². The number of rotatable bonds is 4. The molecule has 0 unspecified atom stereocenters. The minimum atomic E-state index is -1.85. The van der Waals surface area contributed by atoms with Crippen molar-refractivity contribution in [3.63, 3.8) is 0 Å². The average molecular weight is 669 g/mol. The van der Waals surface area contributed by atoms with E-state index in [4.69, 9.17) is 9.97 Å². The van der Waals surface area contributed by atoms with Gasteiger partial charge in [-0.15, -0.1) is 0 Å². The fourth-order valence-corrected chi connectivity index (χ4v) is 11.0. The lowest BCUT2D eigenvalue weighted by atomic mass is 9.96. The van der Waals surface area contributed by atoms with Gasteiger partial charge >= 0.3 is 0 Å². The normalized spacial score (nSPS) is 13.1. The SMILES string of the molecule is C[Si]1(C)c2ccccc2-c2ccc(-c3cc(-c4ccc(-c5cnc6c(ccc7cccnc76)c5)cc4)cc(-c4cccc5ccncc45)n3)cc21. The first-order valence-electron chi connectivity index (χ1n) is 17.4. The third-order valence-electron chi connectivity index (χ3n) is 10.6. The minimum absolute atomic E-state index is 0.926. The number of hydrogen-bond acceptors (Lipinski definition) is 4. The summed E-state index contributed by atoms with van der Waals surface area (Å²) in [4.78, 5) is 19.3. The van der Waals surface area contributed by atoms with Gasteiger partial charge in [0.15, 0.2) is 0 Å². The molecule has 5 aromatic carbocycles. The summed E-state index contributed by atoms with van der Waals surface area (Å²) in [6.45, 7) is 4.93. The summed E-state index contributed by atoms with van der Waals surface area (Å²) in [6, 6.07) is 48.2. The minimum Gasteiger partial charge on any atom is -0.264 e. The smallest absolute Gasteiger partial charge is 0.113 e. The Labute approximate surface area is 297 Å². The Morgan fingerprint density at radius 3 is 2.06 bits per heavy atom. The van der Waals surface area contributed by atoms with Gasteiger partial charge in [0.2, 0.25) is 0 Å². The summed E-state index contributed by atoms with van der Waals surface area (Å²) >= 11 is 0. The van der Waals surface area contributed by atoms with E-state index in [9.17, 15) is 0 Å². The van der Waals surface area contributed by atoms with E-state index >= 15 is 0 Å². The van der Waals surface area contributed by atoms with Crippen LogP contribution in [0.2, 0.25) is 13.1 Å². The topological polar surface area (TPSA) is 51.6 Å². The third-order valence-corrected chi connectivity index (χ3v) is 14.2. The zero-order chi connectivity index (χ0) is 34.1. The highest BCUT2D eigenvalue weighted by Gasteiger charge is 2.37. The zero-order valence-electron chi connectivity index (χ0n) is 28.3.